The molecule has 0 aliphatic carbocycles. The summed E-state index contributed by atoms with van der Waals surface area (Å²) < 4.78 is 2.91. The van der Waals surface area contributed by atoms with Crippen LogP contribution >= 0.6 is 11.9 Å². The summed E-state index contributed by atoms with van der Waals surface area (Å²) in [6, 6.07) is 2.07. The molecule has 0 aromatic rings. The Morgan fingerprint density at radius 3 is 3.14 bits per heavy atom. The second-order valence-electron chi connectivity index (χ2n) is 1.27. The van der Waals surface area contributed by atoms with E-state index >= 15 is 0 Å². The molecule has 2 nitrogen and oxygen atoms in total. The van der Waals surface area contributed by atoms with E-state index in [9.17, 15) is 0 Å². The van der Waals surface area contributed by atoms with Gasteiger partial charge in [0.25, 0.3) is 0 Å². The molecular weight excluding hydrogens is 108 g/mol. The van der Waals surface area contributed by atoms with Crippen LogP contribution in [0.4, 0.5) is 0 Å². The van der Waals surface area contributed by atoms with Crippen LogP contribution in [0.15, 0.2) is 0 Å². The Morgan fingerprint density at radius 2 is 2.86 bits per heavy atom. The Kier molecular flexibility index (Phi) is 1.55. The van der Waals surface area contributed by atoms with Crippen molar-refractivity contribution in [3.8, 4) is 6.07 Å². The molecule has 37 valence electrons. The monoisotopic (exact) mass is 113 g/mol. The van der Waals surface area contributed by atoms with Crippen molar-refractivity contribution in [3.63, 3.8) is 0 Å². The average Bonchev–Trinajstić information content (AvgIpc) is 2.14. The summed E-state index contributed by atoms with van der Waals surface area (Å²) in [7, 11) is 0. The van der Waals surface area contributed by atoms with E-state index in [0.717, 1.165) is 5.75 Å². The summed E-state index contributed by atoms with van der Waals surface area (Å²) >= 11 is 1.58. The van der Waals surface area contributed by atoms with Crippen molar-refractivity contribution >= 4 is 11.9 Å². The van der Waals surface area contributed by atoms with E-state index in [1.165, 1.54) is 0 Å². The number of nitrogens with zero attached hydrogens (tertiary/aromatic N) is 1. The maximum atomic E-state index is 8.21. The van der Waals surface area contributed by atoms with Crippen LogP contribution in [0, 0.1) is 17.8 Å². The lowest BCUT2D eigenvalue weighted by Gasteiger charge is -1.89. The summed E-state index contributed by atoms with van der Waals surface area (Å²) in [4.78, 5) is 0. The van der Waals surface area contributed by atoms with E-state index < -0.39 is 0 Å². The standard InChI is InChI=1S/C4H5N2S/c5-3-4-1-2-7-6-4/h1,4,6H,2H2. The fourth-order valence-corrected chi connectivity index (χ4v) is 1.12. The first-order valence-corrected chi connectivity index (χ1v) is 3.02. The maximum Gasteiger partial charge on any atom is 0.108 e. The van der Waals surface area contributed by atoms with Crippen LogP contribution in [-0.4, -0.2) is 11.8 Å². The summed E-state index contributed by atoms with van der Waals surface area (Å²) in [5.74, 6) is 0.957. The first-order chi connectivity index (χ1) is 3.43. The topological polar surface area (TPSA) is 35.8 Å². The predicted molar refractivity (Wildman–Crippen MR) is 29.3 cm³/mol. The molecule has 1 aliphatic rings. The van der Waals surface area contributed by atoms with Crippen LogP contribution in [0.1, 0.15) is 0 Å². The zero-order valence-corrected chi connectivity index (χ0v) is 4.53. The molecule has 1 aliphatic heterocycles. The zero-order valence-electron chi connectivity index (χ0n) is 3.72. The fourth-order valence-electron chi connectivity index (χ4n) is 0.409. The summed E-state index contributed by atoms with van der Waals surface area (Å²) in [5.41, 5.74) is 0. The molecule has 0 aromatic heterocycles. The van der Waals surface area contributed by atoms with Crippen molar-refractivity contribution < 1.29 is 0 Å². The number of hydrogen-bond donors (Lipinski definition) is 1. The van der Waals surface area contributed by atoms with Crippen LogP contribution in [-0.2, 0) is 0 Å². The third-order valence-electron chi connectivity index (χ3n) is 0.765. The zero-order chi connectivity index (χ0) is 5.11. The second-order valence-corrected chi connectivity index (χ2v) is 2.13. The van der Waals surface area contributed by atoms with Crippen molar-refractivity contribution in [1.82, 2.24) is 4.72 Å². The van der Waals surface area contributed by atoms with Crippen molar-refractivity contribution in [2.75, 3.05) is 5.75 Å². The fraction of sp³-hybridized carbons (Fsp3) is 0.500. The molecule has 0 aromatic carbocycles. The predicted octanol–water partition coefficient (Wildman–Crippen LogP) is 0.334. The first-order valence-electron chi connectivity index (χ1n) is 2.04. The summed E-state index contributed by atoms with van der Waals surface area (Å²) in [5, 5.41) is 8.21. The maximum absolute atomic E-state index is 8.21. The summed E-state index contributed by atoms with van der Waals surface area (Å²) in [6.07, 6.45) is 1.95. The van der Waals surface area contributed by atoms with E-state index in [1.807, 2.05) is 6.42 Å². The average molecular weight is 113 g/mol. The van der Waals surface area contributed by atoms with E-state index in [2.05, 4.69) is 10.8 Å². The minimum atomic E-state index is -0.00926. The van der Waals surface area contributed by atoms with Crippen LogP contribution in [0.3, 0.4) is 0 Å². The van der Waals surface area contributed by atoms with Crippen LogP contribution in [0.2, 0.25) is 0 Å². The van der Waals surface area contributed by atoms with E-state index in [0.29, 0.717) is 0 Å². The van der Waals surface area contributed by atoms with Gasteiger partial charge in [-0.3, -0.25) is 0 Å². The number of hydrogen-bond acceptors (Lipinski definition) is 3. The van der Waals surface area contributed by atoms with Crippen molar-refractivity contribution in [2.24, 2.45) is 0 Å². The quantitative estimate of drug-likeness (QED) is 0.460. The van der Waals surface area contributed by atoms with Gasteiger partial charge in [0.1, 0.15) is 6.04 Å². The van der Waals surface area contributed by atoms with Crippen LogP contribution < -0.4 is 4.72 Å². The molecule has 1 unspecified atom stereocenters. The Hall–Kier alpha value is -0.200. The van der Waals surface area contributed by atoms with Crippen molar-refractivity contribution in [1.29, 1.82) is 5.26 Å². The molecule has 3 heteroatoms. The van der Waals surface area contributed by atoms with Gasteiger partial charge >= 0.3 is 0 Å². The molecule has 1 heterocycles. The molecule has 0 bridgehead atoms. The molecule has 1 radical (unpaired) electrons. The van der Waals surface area contributed by atoms with Gasteiger partial charge in [-0.2, -0.15) is 5.26 Å². The van der Waals surface area contributed by atoms with Gasteiger partial charge in [0.05, 0.1) is 6.07 Å². The third-order valence-corrected chi connectivity index (χ3v) is 1.54. The molecule has 1 fully saturated rings. The highest BCUT2D eigenvalue weighted by Gasteiger charge is 2.12. The van der Waals surface area contributed by atoms with Gasteiger partial charge in [-0.15, -0.1) is 0 Å². The van der Waals surface area contributed by atoms with Gasteiger partial charge in [0, 0.05) is 12.2 Å². The van der Waals surface area contributed by atoms with Gasteiger partial charge in [0.2, 0.25) is 0 Å². The summed E-state index contributed by atoms with van der Waals surface area (Å²) in [6.45, 7) is 0. The van der Waals surface area contributed by atoms with E-state index in [1.54, 1.807) is 11.9 Å². The molecule has 0 spiro atoms. The van der Waals surface area contributed by atoms with E-state index in [-0.39, 0.29) is 6.04 Å². The Balaban J connectivity index is 2.31. The Labute approximate surface area is 47.0 Å². The molecular formula is C4H5N2S. The van der Waals surface area contributed by atoms with Gasteiger partial charge < -0.3 is 0 Å². The van der Waals surface area contributed by atoms with Gasteiger partial charge in [-0.05, 0) is 0 Å². The van der Waals surface area contributed by atoms with Crippen LogP contribution in [0.25, 0.3) is 0 Å². The van der Waals surface area contributed by atoms with Crippen molar-refractivity contribution in [2.45, 2.75) is 6.04 Å². The number of nitriles is 1. The lowest BCUT2D eigenvalue weighted by atomic mass is 10.3. The lowest BCUT2D eigenvalue weighted by molar-refractivity contribution is 0.926. The lowest BCUT2D eigenvalue weighted by Crippen LogP contribution is -2.12. The van der Waals surface area contributed by atoms with Crippen molar-refractivity contribution in [3.05, 3.63) is 6.42 Å². The third kappa shape index (κ3) is 1.08. The Bertz CT molecular complexity index is 90.4. The normalized spacial score (nSPS) is 29.9. The minimum Gasteiger partial charge on any atom is -0.247 e. The highest BCUT2D eigenvalue weighted by atomic mass is 32.2. The smallest absolute Gasteiger partial charge is 0.108 e. The van der Waals surface area contributed by atoms with Crippen LogP contribution in [0.5, 0.6) is 0 Å². The highest BCUT2D eigenvalue weighted by Crippen LogP contribution is 2.09. The largest absolute Gasteiger partial charge is 0.247 e. The SMILES string of the molecule is N#CC1[CH]CSN1. The molecule has 0 amide bonds. The highest BCUT2D eigenvalue weighted by molar-refractivity contribution is 7.97. The molecule has 0 saturated carbocycles. The molecule has 1 saturated heterocycles. The van der Waals surface area contributed by atoms with Gasteiger partial charge in [-0.1, -0.05) is 11.9 Å². The van der Waals surface area contributed by atoms with E-state index in [4.69, 9.17) is 5.26 Å². The molecule has 1 N–H and O–H groups in total. The number of rotatable bonds is 0. The molecule has 7 heavy (non-hydrogen) atoms. The number of nitrogens with one attached hydrogen (secondary N) is 1. The molecule has 1 atom stereocenters. The minimum absolute atomic E-state index is 0.00926. The first kappa shape index (κ1) is 4.95. The van der Waals surface area contributed by atoms with Gasteiger partial charge in [-0.25, -0.2) is 4.72 Å². The Morgan fingerprint density at radius 1 is 2.00 bits per heavy atom. The molecule has 1 rings (SSSR count). The second kappa shape index (κ2) is 2.20. The van der Waals surface area contributed by atoms with Gasteiger partial charge in [0.15, 0.2) is 0 Å².